The molecule has 0 aromatic carbocycles. The van der Waals surface area contributed by atoms with Crippen molar-refractivity contribution in [3.05, 3.63) is 0 Å². The summed E-state index contributed by atoms with van der Waals surface area (Å²) < 4.78 is 25.9. The van der Waals surface area contributed by atoms with Gasteiger partial charge in [0, 0.05) is 19.1 Å². The Morgan fingerprint density at radius 3 is 2.29 bits per heavy atom. The highest BCUT2D eigenvalue weighted by molar-refractivity contribution is 7.89. The quantitative estimate of drug-likeness (QED) is 0.835. The van der Waals surface area contributed by atoms with E-state index < -0.39 is 10.0 Å². The molecule has 4 nitrogen and oxygen atoms in total. The Hall–Kier alpha value is 0.160. The summed E-state index contributed by atoms with van der Waals surface area (Å²) in [6, 6.07) is 0.140. The SMILES string of the molecule is CC1CN(S(=O)(=O)CC(C)(C)C)CCC1N.Cl. The molecule has 0 aliphatic carbocycles. The van der Waals surface area contributed by atoms with Gasteiger partial charge < -0.3 is 5.73 Å². The fourth-order valence-electron chi connectivity index (χ4n) is 2.02. The van der Waals surface area contributed by atoms with Crippen LogP contribution in [-0.2, 0) is 10.0 Å². The molecular weight excluding hydrogens is 260 g/mol. The van der Waals surface area contributed by atoms with Crippen LogP contribution in [0, 0.1) is 11.3 Å². The first-order chi connectivity index (χ1) is 7.12. The van der Waals surface area contributed by atoms with Crippen LogP contribution in [0.25, 0.3) is 0 Å². The van der Waals surface area contributed by atoms with Gasteiger partial charge in [-0.15, -0.1) is 12.4 Å². The molecule has 104 valence electrons. The third kappa shape index (κ3) is 5.12. The largest absolute Gasteiger partial charge is 0.327 e. The molecule has 1 rings (SSSR count). The average Bonchev–Trinajstić information content (AvgIpc) is 2.05. The van der Waals surface area contributed by atoms with Crippen molar-refractivity contribution in [1.82, 2.24) is 4.31 Å². The van der Waals surface area contributed by atoms with E-state index in [2.05, 4.69) is 0 Å². The number of sulfonamides is 1. The van der Waals surface area contributed by atoms with E-state index in [9.17, 15) is 8.42 Å². The lowest BCUT2D eigenvalue weighted by atomic mass is 9.96. The molecule has 1 saturated heterocycles. The number of nitrogens with zero attached hydrogens (tertiary/aromatic N) is 1. The van der Waals surface area contributed by atoms with Crippen LogP contribution in [0.4, 0.5) is 0 Å². The van der Waals surface area contributed by atoms with Crippen LogP contribution in [0.3, 0.4) is 0 Å². The van der Waals surface area contributed by atoms with Crippen molar-refractivity contribution in [3.8, 4) is 0 Å². The lowest BCUT2D eigenvalue weighted by Gasteiger charge is -2.35. The highest BCUT2D eigenvalue weighted by Gasteiger charge is 2.33. The van der Waals surface area contributed by atoms with Gasteiger partial charge in [0.15, 0.2) is 0 Å². The van der Waals surface area contributed by atoms with E-state index in [0.717, 1.165) is 6.42 Å². The third-order valence-electron chi connectivity index (χ3n) is 2.94. The van der Waals surface area contributed by atoms with E-state index in [1.807, 2.05) is 27.7 Å². The summed E-state index contributed by atoms with van der Waals surface area (Å²) in [7, 11) is -3.12. The minimum atomic E-state index is -3.12. The van der Waals surface area contributed by atoms with Crippen LogP contribution in [0.5, 0.6) is 0 Å². The fourth-order valence-corrected chi connectivity index (χ4v) is 4.14. The molecule has 0 amide bonds. The molecular formula is C11H25ClN2O2S. The molecule has 0 aromatic heterocycles. The van der Waals surface area contributed by atoms with Gasteiger partial charge >= 0.3 is 0 Å². The minimum Gasteiger partial charge on any atom is -0.327 e. The van der Waals surface area contributed by atoms with Crippen molar-refractivity contribution in [1.29, 1.82) is 0 Å². The Labute approximate surface area is 111 Å². The molecule has 0 radical (unpaired) electrons. The van der Waals surface area contributed by atoms with Crippen molar-refractivity contribution < 1.29 is 8.42 Å². The lowest BCUT2D eigenvalue weighted by Crippen LogP contribution is -2.49. The van der Waals surface area contributed by atoms with Gasteiger partial charge in [0.1, 0.15) is 0 Å². The summed E-state index contributed by atoms with van der Waals surface area (Å²) >= 11 is 0. The first-order valence-electron chi connectivity index (χ1n) is 5.85. The Morgan fingerprint density at radius 1 is 1.35 bits per heavy atom. The summed E-state index contributed by atoms with van der Waals surface area (Å²) in [5.74, 6) is 0.464. The van der Waals surface area contributed by atoms with Crippen LogP contribution in [0.2, 0.25) is 0 Å². The van der Waals surface area contributed by atoms with Gasteiger partial charge in [0.2, 0.25) is 10.0 Å². The van der Waals surface area contributed by atoms with Crippen molar-refractivity contribution in [2.75, 3.05) is 18.8 Å². The zero-order valence-corrected chi connectivity index (χ0v) is 12.8. The Morgan fingerprint density at radius 2 is 1.88 bits per heavy atom. The molecule has 1 fully saturated rings. The van der Waals surface area contributed by atoms with E-state index >= 15 is 0 Å². The predicted octanol–water partition coefficient (Wildman–Crippen LogP) is 1.45. The molecule has 0 bridgehead atoms. The smallest absolute Gasteiger partial charge is 0.214 e. The molecule has 2 N–H and O–H groups in total. The maximum atomic E-state index is 12.1. The fraction of sp³-hybridized carbons (Fsp3) is 1.00. The van der Waals surface area contributed by atoms with Crippen LogP contribution >= 0.6 is 12.4 Å². The number of piperidine rings is 1. The number of hydrogen-bond donors (Lipinski definition) is 1. The zero-order valence-electron chi connectivity index (χ0n) is 11.1. The lowest BCUT2D eigenvalue weighted by molar-refractivity contribution is 0.247. The second-order valence-corrected chi connectivity index (χ2v) is 8.07. The Balaban J connectivity index is 0.00000256. The maximum absolute atomic E-state index is 12.1. The highest BCUT2D eigenvalue weighted by atomic mass is 35.5. The van der Waals surface area contributed by atoms with Gasteiger partial charge in [0.25, 0.3) is 0 Å². The molecule has 2 atom stereocenters. The molecule has 2 unspecified atom stereocenters. The molecule has 1 heterocycles. The van der Waals surface area contributed by atoms with Gasteiger partial charge in [-0.05, 0) is 17.8 Å². The summed E-state index contributed by atoms with van der Waals surface area (Å²) in [6.07, 6.45) is 0.768. The Kier molecular flexibility index (Phi) is 5.92. The average molecular weight is 285 g/mol. The monoisotopic (exact) mass is 284 g/mol. The zero-order chi connectivity index (χ0) is 12.6. The number of halogens is 1. The topological polar surface area (TPSA) is 63.4 Å². The van der Waals surface area contributed by atoms with Crippen LogP contribution in [-0.4, -0.2) is 37.6 Å². The van der Waals surface area contributed by atoms with E-state index in [1.165, 1.54) is 0 Å². The van der Waals surface area contributed by atoms with E-state index in [0.29, 0.717) is 13.1 Å². The van der Waals surface area contributed by atoms with Gasteiger partial charge in [-0.1, -0.05) is 27.7 Å². The number of hydrogen-bond acceptors (Lipinski definition) is 3. The van der Waals surface area contributed by atoms with E-state index in [4.69, 9.17) is 5.73 Å². The first-order valence-corrected chi connectivity index (χ1v) is 7.46. The number of nitrogens with two attached hydrogens (primary N) is 1. The second-order valence-electron chi connectivity index (χ2n) is 6.10. The van der Waals surface area contributed by atoms with Crippen LogP contribution in [0.15, 0.2) is 0 Å². The van der Waals surface area contributed by atoms with Crippen molar-refractivity contribution in [2.45, 2.75) is 40.2 Å². The van der Waals surface area contributed by atoms with Gasteiger partial charge in [-0.25, -0.2) is 12.7 Å². The third-order valence-corrected chi connectivity index (χ3v) is 5.29. The molecule has 1 aliphatic heterocycles. The summed E-state index contributed by atoms with van der Waals surface area (Å²) in [5, 5.41) is 0. The van der Waals surface area contributed by atoms with E-state index in [-0.39, 0.29) is 35.5 Å². The van der Waals surface area contributed by atoms with Gasteiger partial charge in [0.05, 0.1) is 5.75 Å². The second kappa shape index (κ2) is 5.87. The minimum absolute atomic E-state index is 0. The summed E-state index contributed by atoms with van der Waals surface area (Å²) in [4.78, 5) is 0. The van der Waals surface area contributed by atoms with Gasteiger partial charge in [-0.2, -0.15) is 0 Å². The van der Waals surface area contributed by atoms with Crippen LogP contribution < -0.4 is 5.73 Å². The molecule has 6 heteroatoms. The standard InChI is InChI=1S/C11H24N2O2S.ClH/c1-9-7-13(6-5-10(9)12)16(14,15)8-11(2,3)4;/h9-10H,5-8,12H2,1-4H3;1H. The first kappa shape index (κ1) is 17.2. The maximum Gasteiger partial charge on any atom is 0.214 e. The Bertz CT molecular complexity index is 338. The van der Waals surface area contributed by atoms with Gasteiger partial charge in [-0.3, -0.25) is 0 Å². The molecule has 0 saturated carbocycles. The van der Waals surface area contributed by atoms with Crippen molar-refractivity contribution >= 4 is 22.4 Å². The van der Waals surface area contributed by atoms with Crippen LogP contribution in [0.1, 0.15) is 34.1 Å². The van der Waals surface area contributed by atoms with Crippen molar-refractivity contribution in [3.63, 3.8) is 0 Å². The normalized spacial score (nSPS) is 27.6. The predicted molar refractivity (Wildman–Crippen MR) is 73.8 cm³/mol. The summed E-state index contributed by atoms with van der Waals surface area (Å²) in [5.41, 5.74) is 5.70. The van der Waals surface area contributed by atoms with E-state index in [1.54, 1.807) is 4.31 Å². The molecule has 0 spiro atoms. The summed E-state index contributed by atoms with van der Waals surface area (Å²) in [6.45, 7) is 9.00. The highest BCUT2D eigenvalue weighted by Crippen LogP contribution is 2.23. The molecule has 1 aliphatic rings. The molecule has 17 heavy (non-hydrogen) atoms. The molecule has 0 aromatic rings. The van der Waals surface area contributed by atoms with Crippen molar-refractivity contribution in [2.24, 2.45) is 17.1 Å². The number of rotatable bonds is 2.